The van der Waals surface area contributed by atoms with Crippen molar-refractivity contribution in [2.75, 3.05) is 0 Å². The lowest BCUT2D eigenvalue weighted by Crippen LogP contribution is -2.22. The summed E-state index contributed by atoms with van der Waals surface area (Å²) in [6, 6.07) is 0. The van der Waals surface area contributed by atoms with E-state index in [0.29, 0.717) is 6.42 Å². The number of ether oxygens (including phenoxy) is 1. The molecule has 0 bridgehead atoms. The van der Waals surface area contributed by atoms with Crippen molar-refractivity contribution in [3.63, 3.8) is 0 Å². The zero-order valence-electron chi connectivity index (χ0n) is 12.9. The highest BCUT2D eigenvalue weighted by atomic mass is 16.5. The topological polar surface area (TPSA) is 43.4 Å². The summed E-state index contributed by atoms with van der Waals surface area (Å²) in [6.45, 7) is 5.22. The number of hydrogen-bond donors (Lipinski definition) is 0. The summed E-state index contributed by atoms with van der Waals surface area (Å²) in [6.07, 6.45) is 11.1. The molecular weight excluding hydrogens is 240 g/mol. The molecule has 0 saturated carbocycles. The number of Topliss-reactive ketones (excluding diaryl/α,β-unsaturated/α-hetero) is 1. The smallest absolute Gasteiger partial charge is 0.303 e. The minimum absolute atomic E-state index is 0.0399. The molecule has 0 saturated heterocycles. The van der Waals surface area contributed by atoms with Gasteiger partial charge >= 0.3 is 5.97 Å². The summed E-state index contributed by atoms with van der Waals surface area (Å²) >= 11 is 0. The molecule has 0 heterocycles. The number of carbonyl (C=O) groups excluding carboxylic acids is 2. The minimum atomic E-state index is -0.577. The molecule has 0 N–H and O–H groups in total. The van der Waals surface area contributed by atoms with Crippen LogP contribution in [-0.2, 0) is 14.3 Å². The second kappa shape index (κ2) is 12.2. The number of unbranched alkanes of at least 4 members (excludes halogenated alkanes) is 8. The van der Waals surface area contributed by atoms with Gasteiger partial charge < -0.3 is 4.74 Å². The Bertz CT molecular complexity index is 248. The Balaban J connectivity index is 3.34. The van der Waals surface area contributed by atoms with Gasteiger partial charge in [0.2, 0.25) is 0 Å². The Morgan fingerprint density at radius 3 is 1.84 bits per heavy atom. The summed E-state index contributed by atoms with van der Waals surface area (Å²) < 4.78 is 4.86. The van der Waals surface area contributed by atoms with E-state index < -0.39 is 6.10 Å². The highest BCUT2D eigenvalue weighted by Gasteiger charge is 2.14. The van der Waals surface area contributed by atoms with Gasteiger partial charge in [0, 0.05) is 13.3 Å². The Kier molecular flexibility index (Phi) is 11.6. The monoisotopic (exact) mass is 270 g/mol. The molecule has 0 aliphatic rings. The number of hydrogen-bond acceptors (Lipinski definition) is 3. The molecule has 0 spiro atoms. The molecule has 0 aromatic rings. The summed E-state index contributed by atoms with van der Waals surface area (Å²) in [5.41, 5.74) is 0. The van der Waals surface area contributed by atoms with Crippen LogP contribution in [0.25, 0.3) is 0 Å². The van der Waals surface area contributed by atoms with Crippen LogP contribution in [0.5, 0.6) is 0 Å². The molecule has 3 nitrogen and oxygen atoms in total. The highest BCUT2D eigenvalue weighted by Crippen LogP contribution is 2.11. The van der Waals surface area contributed by atoms with Crippen LogP contribution >= 0.6 is 0 Å². The zero-order chi connectivity index (χ0) is 14.5. The predicted octanol–water partition coefficient (Wildman–Crippen LogP) is 4.43. The first kappa shape index (κ1) is 18.1. The standard InChI is InChI=1S/C16H30O3/c1-4-5-6-7-8-9-10-11-12-13-16(18)14(2)19-15(3)17/h14H,4-13H2,1-3H3. The van der Waals surface area contributed by atoms with E-state index in [4.69, 9.17) is 4.74 Å². The van der Waals surface area contributed by atoms with Crippen molar-refractivity contribution in [3.8, 4) is 0 Å². The fraction of sp³-hybridized carbons (Fsp3) is 0.875. The van der Waals surface area contributed by atoms with E-state index >= 15 is 0 Å². The van der Waals surface area contributed by atoms with E-state index in [0.717, 1.165) is 12.8 Å². The number of rotatable bonds is 12. The molecule has 0 aliphatic carbocycles. The summed E-state index contributed by atoms with van der Waals surface area (Å²) in [7, 11) is 0. The van der Waals surface area contributed by atoms with E-state index in [1.165, 1.54) is 51.9 Å². The van der Waals surface area contributed by atoms with Crippen LogP contribution in [-0.4, -0.2) is 17.9 Å². The van der Waals surface area contributed by atoms with Crippen LogP contribution in [0.2, 0.25) is 0 Å². The SMILES string of the molecule is CCCCCCCCCCCC(=O)C(C)OC(C)=O. The predicted molar refractivity (Wildman–Crippen MR) is 78.1 cm³/mol. The summed E-state index contributed by atoms with van der Waals surface area (Å²) in [4.78, 5) is 22.3. The van der Waals surface area contributed by atoms with Gasteiger partial charge in [-0.15, -0.1) is 0 Å². The van der Waals surface area contributed by atoms with Crippen LogP contribution < -0.4 is 0 Å². The van der Waals surface area contributed by atoms with Crippen LogP contribution in [0.4, 0.5) is 0 Å². The van der Waals surface area contributed by atoms with Crippen molar-refractivity contribution in [1.29, 1.82) is 0 Å². The van der Waals surface area contributed by atoms with Crippen LogP contribution in [0.1, 0.15) is 85.0 Å². The maximum Gasteiger partial charge on any atom is 0.303 e. The number of esters is 1. The number of ketones is 1. The molecule has 1 unspecified atom stereocenters. The van der Waals surface area contributed by atoms with Gasteiger partial charge in [-0.3, -0.25) is 9.59 Å². The highest BCUT2D eigenvalue weighted by molar-refractivity contribution is 5.84. The van der Waals surface area contributed by atoms with Gasteiger partial charge in [0.15, 0.2) is 11.9 Å². The Hall–Kier alpha value is -0.860. The van der Waals surface area contributed by atoms with E-state index in [2.05, 4.69) is 6.92 Å². The molecule has 0 amide bonds. The second-order valence-electron chi connectivity index (χ2n) is 5.30. The third-order valence-corrected chi connectivity index (χ3v) is 3.32. The molecule has 0 aromatic carbocycles. The zero-order valence-corrected chi connectivity index (χ0v) is 12.9. The van der Waals surface area contributed by atoms with Crippen LogP contribution in [0.15, 0.2) is 0 Å². The molecule has 19 heavy (non-hydrogen) atoms. The van der Waals surface area contributed by atoms with Crippen molar-refractivity contribution < 1.29 is 14.3 Å². The Labute approximate surface area is 118 Å². The lowest BCUT2D eigenvalue weighted by atomic mass is 10.0. The molecular formula is C16H30O3. The van der Waals surface area contributed by atoms with Crippen LogP contribution in [0, 0.1) is 0 Å². The molecule has 0 radical (unpaired) electrons. The minimum Gasteiger partial charge on any atom is -0.455 e. The van der Waals surface area contributed by atoms with Crippen molar-refractivity contribution in [1.82, 2.24) is 0 Å². The third kappa shape index (κ3) is 11.9. The first-order chi connectivity index (χ1) is 9.07. The summed E-state index contributed by atoms with van der Waals surface area (Å²) in [5, 5.41) is 0. The molecule has 0 rings (SSSR count). The van der Waals surface area contributed by atoms with E-state index in [-0.39, 0.29) is 11.8 Å². The van der Waals surface area contributed by atoms with Crippen LogP contribution in [0.3, 0.4) is 0 Å². The van der Waals surface area contributed by atoms with E-state index in [9.17, 15) is 9.59 Å². The fourth-order valence-electron chi connectivity index (χ4n) is 2.13. The van der Waals surface area contributed by atoms with Gasteiger partial charge in [-0.25, -0.2) is 0 Å². The van der Waals surface area contributed by atoms with Gasteiger partial charge in [-0.1, -0.05) is 58.3 Å². The van der Waals surface area contributed by atoms with Gasteiger partial charge in [0.05, 0.1) is 0 Å². The lowest BCUT2D eigenvalue weighted by Gasteiger charge is -2.10. The Morgan fingerprint density at radius 1 is 0.895 bits per heavy atom. The molecule has 1 atom stereocenters. The van der Waals surface area contributed by atoms with Gasteiger partial charge in [0.25, 0.3) is 0 Å². The first-order valence-electron chi connectivity index (χ1n) is 7.77. The van der Waals surface area contributed by atoms with Crippen molar-refractivity contribution >= 4 is 11.8 Å². The first-order valence-corrected chi connectivity index (χ1v) is 7.77. The van der Waals surface area contributed by atoms with Gasteiger partial charge in [-0.2, -0.15) is 0 Å². The van der Waals surface area contributed by atoms with Crippen molar-refractivity contribution in [2.45, 2.75) is 91.1 Å². The largest absolute Gasteiger partial charge is 0.455 e. The molecule has 112 valence electrons. The summed E-state index contributed by atoms with van der Waals surface area (Å²) in [5.74, 6) is -0.342. The maximum absolute atomic E-state index is 11.6. The van der Waals surface area contributed by atoms with Crippen molar-refractivity contribution in [2.24, 2.45) is 0 Å². The maximum atomic E-state index is 11.6. The molecule has 3 heteroatoms. The average Bonchev–Trinajstić information content (AvgIpc) is 2.35. The normalized spacial score (nSPS) is 12.2. The molecule has 0 aromatic heterocycles. The fourth-order valence-corrected chi connectivity index (χ4v) is 2.13. The quantitative estimate of drug-likeness (QED) is 0.389. The Morgan fingerprint density at radius 2 is 1.37 bits per heavy atom. The van der Waals surface area contributed by atoms with Crippen molar-refractivity contribution in [3.05, 3.63) is 0 Å². The van der Waals surface area contributed by atoms with Gasteiger partial charge in [-0.05, 0) is 13.3 Å². The van der Waals surface area contributed by atoms with E-state index in [1.807, 2.05) is 0 Å². The van der Waals surface area contributed by atoms with Gasteiger partial charge in [0.1, 0.15) is 0 Å². The molecule has 0 aliphatic heterocycles. The number of carbonyl (C=O) groups is 2. The average molecular weight is 270 g/mol. The third-order valence-electron chi connectivity index (χ3n) is 3.32. The van der Waals surface area contributed by atoms with E-state index in [1.54, 1.807) is 6.92 Å². The molecule has 0 fully saturated rings. The second-order valence-corrected chi connectivity index (χ2v) is 5.30. The lowest BCUT2D eigenvalue weighted by molar-refractivity contribution is -0.151.